The highest BCUT2D eigenvalue weighted by Crippen LogP contribution is 2.19. The summed E-state index contributed by atoms with van der Waals surface area (Å²) in [5.41, 5.74) is 5.16. The third kappa shape index (κ3) is 3.62. The lowest BCUT2D eigenvalue weighted by molar-refractivity contribution is 0.0916. The topological polar surface area (TPSA) is 66.6 Å². The third-order valence-corrected chi connectivity index (χ3v) is 2.86. The lowest BCUT2D eigenvalue weighted by Crippen LogP contribution is -2.36. The van der Waals surface area contributed by atoms with E-state index < -0.39 is 0 Å². The molecule has 1 amide bonds. The number of furan rings is 1. The van der Waals surface area contributed by atoms with Gasteiger partial charge in [0.1, 0.15) is 6.34 Å². The Labute approximate surface area is 100 Å². The summed E-state index contributed by atoms with van der Waals surface area (Å²) in [5, 5.41) is 0. The zero-order chi connectivity index (χ0) is 11.9. The standard InChI is InChI=1S/C12H17N3O2/c16-12(11-7-4-8-17-11)15-14-9-13-10-5-2-1-3-6-10/h4,7-10H,1-3,5-6H2,(H,13,14)(H,15,16). The Morgan fingerprint density at radius 2 is 2.24 bits per heavy atom. The number of carbonyl (C=O) groups is 1. The Balaban J connectivity index is 1.68. The fraction of sp³-hybridized carbons (Fsp3) is 0.500. The van der Waals surface area contributed by atoms with Gasteiger partial charge < -0.3 is 4.42 Å². The van der Waals surface area contributed by atoms with E-state index in [1.54, 1.807) is 18.5 Å². The molecule has 5 nitrogen and oxygen atoms in total. The Bertz CT molecular complexity index is 367. The number of nitrogens with zero attached hydrogens (tertiary/aromatic N) is 1. The molecule has 0 bridgehead atoms. The molecule has 0 radical (unpaired) electrons. The van der Waals surface area contributed by atoms with Crippen LogP contribution in [-0.2, 0) is 0 Å². The van der Waals surface area contributed by atoms with Gasteiger partial charge in [-0.2, -0.15) is 0 Å². The number of hydrazine groups is 1. The summed E-state index contributed by atoms with van der Waals surface area (Å²) < 4.78 is 4.95. The largest absolute Gasteiger partial charge is 0.459 e. The van der Waals surface area contributed by atoms with Crippen molar-refractivity contribution in [1.82, 2.24) is 10.9 Å². The van der Waals surface area contributed by atoms with Crippen molar-refractivity contribution >= 4 is 12.2 Å². The number of nitrogens with one attached hydrogen (secondary N) is 2. The number of carbonyl (C=O) groups excluding carboxylic acids is 1. The van der Waals surface area contributed by atoms with E-state index in [4.69, 9.17) is 4.42 Å². The lowest BCUT2D eigenvalue weighted by atomic mass is 9.96. The average molecular weight is 235 g/mol. The molecular formula is C12H17N3O2. The molecule has 1 aliphatic carbocycles. The number of amides is 1. The minimum atomic E-state index is -0.301. The summed E-state index contributed by atoms with van der Waals surface area (Å²) in [6, 6.07) is 3.68. The number of hydrogen-bond acceptors (Lipinski definition) is 3. The van der Waals surface area contributed by atoms with Crippen LogP contribution in [0.4, 0.5) is 0 Å². The van der Waals surface area contributed by atoms with Gasteiger partial charge in [-0.25, -0.2) is 0 Å². The molecular weight excluding hydrogens is 218 g/mol. The van der Waals surface area contributed by atoms with Crippen molar-refractivity contribution < 1.29 is 9.21 Å². The van der Waals surface area contributed by atoms with Gasteiger partial charge in [0, 0.05) is 0 Å². The van der Waals surface area contributed by atoms with Crippen LogP contribution in [0.5, 0.6) is 0 Å². The summed E-state index contributed by atoms with van der Waals surface area (Å²) in [4.78, 5) is 15.8. The second-order valence-electron chi connectivity index (χ2n) is 4.15. The molecule has 0 atom stereocenters. The highest BCUT2D eigenvalue weighted by atomic mass is 16.3. The maximum absolute atomic E-state index is 11.4. The fourth-order valence-corrected chi connectivity index (χ4v) is 1.94. The molecule has 0 aliphatic heterocycles. The van der Waals surface area contributed by atoms with Crippen molar-refractivity contribution in [2.75, 3.05) is 0 Å². The zero-order valence-corrected chi connectivity index (χ0v) is 9.69. The first-order chi connectivity index (χ1) is 8.36. The van der Waals surface area contributed by atoms with Crippen molar-refractivity contribution in [3.05, 3.63) is 24.2 Å². The minimum Gasteiger partial charge on any atom is -0.459 e. The monoisotopic (exact) mass is 235 g/mol. The van der Waals surface area contributed by atoms with Gasteiger partial charge in [0.15, 0.2) is 5.76 Å². The molecule has 2 N–H and O–H groups in total. The molecule has 17 heavy (non-hydrogen) atoms. The molecule has 0 aromatic carbocycles. The molecule has 92 valence electrons. The molecule has 0 spiro atoms. The fourth-order valence-electron chi connectivity index (χ4n) is 1.94. The highest BCUT2D eigenvalue weighted by Gasteiger charge is 2.10. The van der Waals surface area contributed by atoms with Crippen LogP contribution in [0.15, 0.2) is 27.8 Å². The van der Waals surface area contributed by atoms with Crippen LogP contribution < -0.4 is 10.9 Å². The molecule has 0 saturated heterocycles. The van der Waals surface area contributed by atoms with E-state index >= 15 is 0 Å². The van der Waals surface area contributed by atoms with Crippen LogP contribution >= 0.6 is 0 Å². The van der Waals surface area contributed by atoms with Gasteiger partial charge in [-0.15, -0.1) is 0 Å². The SMILES string of the molecule is O=C(NNC=NC1CCCCC1)c1ccco1. The second kappa shape index (κ2) is 6.08. The summed E-state index contributed by atoms with van der Waals surface area (Å²) in [7, 11) is 0. The molecule has 1 fully saturated rings. The molecule has 1 aliphatic rings. The van der Waals surface area contributed by atoms with Crippen LogP contribution in [0.25, 0.3) is 0 Å². The summed E-state index contributed by atoms with van der Waals surface area (Å²) in [6.45, 7) is 0. The summed E-state index contributed by atoms with van der Waals surface area (Å²) in [5.74, 6) is -0.0198. The van der Waals surface area contributed by atoms with E-state index in [1.165, 1.54) is 25.5 Å². The third-order valence-electron chi connectivity index (χ3n) is 2.86. The van der Waals surface area contributed by atoms with Crippen LogP contribution in [0, 0.1) is 0 Å². The zero-order valence-electron chi connectivity index (χ0n) is 9.69. The quantitative estimate of drug-likeness (QED) is 0.475. The van der Waals surface area contributed by atoms with Crippen LogP contribution in [-0.4, -0.2) is 18.3 Å². The van der Waals surface area contributed by atoms with Crippen molar-refractivity contribution in [1.29, 1.82) is 0 Å². The molecule has 2 rings (SSSR count). The molecule has 5 heteroatoms. The van der Waals surface area contributed by atoms with Gasteiger partial charge in [-0.1, -0.05) is 19.3 Å². The van der Waals surface area contributed by atoms with Gasteiger partial charge in [-0.05, 0) is 25.0 Å². The smallest absolute Gasteiger partial charge is 0.305 e. The highest BCUT2D eigenvalue weighted by molar-refractivity contribution is 5.91. The van der Waals surface area contributed by atoms with E-state index in [0.717, 1.165) is 12.8 Å². The molecule has 1 aromatic rings. The predicted octanol–water partition coefficient (Wildman–Crippen LogP) is 1.87. The van der Waals surface area contributed by atoms with E-state index in [2.05, 4.69) is 15.8 Å². The molecule has 1 aromatic heterocycles. The average Bonchev–Trinajstić information content (AvgIpc) is 2.89. The Hall–Kier alpha value is -1.78. The lowest BCUT2D eigenvalue weighted by Gasteiger charge is -2.17. The number of rotatable bonds is 4. The number of aliphatic imine (C=N–C) groups is 1. The Morgan fingerprint density at radius 1 is 1.41 bits per heavy atom. The minimum absolute atomic E-state index is 0.281. The van der Waals surface area contributed by atoms with Crippen molar-refractivity contribution in [3.8, 4) is 0 Å². The van der Waals surface area contributed by atoms with E-state index in [1.807, 2.05) is 0 Å². The van der Waals surface area contributed by atoms with E-state index in [0.29, 0.717) is 6.04 Å². The summed E-state index contributed by atoms with van der Waals surface area (Å²) in [6.07, 6.45) is 9.12. The van der Waals surface area contributed by atoms with Crippen LogP contribution in [0.2, 0.25) is 0 Å². The van der Waals surface area contributed by atoms with Crippen molar-refractivity contribution in [2.24, 2.45) is 4.99 Å². The van der Waals surface area contributed by atoms with Gasteiger partial charge >= 0.3 is 5.91 Å². The van der Waals surface area contributed by atoms with Gasteiger partial charge in [0.25, 0.3) is 0 Å². The molecule has 0 unspecified atom stereocenters. The Kier molecular flexibility index (Phi) is 4.18. The molecule has 1 heterocycles. The van der Waals surface area contributed by atoms with E-state index in [-0.39, 0.29) is 11.7 Å². The van der Waals surface area contributed by atoms with Crippen LogP contribution in [0.1, 0.15) is 42.7 Å². The van der Waals surface area contributed by atoms with Gasteiger partial charge in [-0.3, -0.25) is 20.6 Å². The normalized spacial score (nSPS) is 17.2. The van der Waals surface area contributed by atoms with Crippen LogP contribution in [0.3, 0.4) is 0 Å². The Morgan fingerprint density at radius 3 is 2.94 bits per heavy atom. The van der Waals surface area contributed by atoms with Gasteiger partial charge in [0.05, 0.1) is 12.3 Å². The first kappa shape index (κ1) is 11.7. The van der Waals surface area contributed by atoms with Crippen molar-refractivity contribution in [2.45, 2.75) is 38.1 Å². The first-order valence-electron chi connectivity index (χ1n) is 5.97. The maximum Gasteiger partial charge on any atom is 0.305 e. The predicted molar refractivity (Wildman–Crippen MR) is 64.7 cm³/mol. The first-order valence-corrected chi connectivity index (χ1v) is 5.97. The van der Waals surface area contributed by atoms with Crippen molar-refractivity contribution in [3.63, 3.8) is 0 Å². The maximum atomic E-state index is 11.4. The second-order valence-corrected chi connectivity index (χ2v) is 4.15. The van der Waals surface area contributed by atoms with Gasteiger partial charge in [0.2, 0.25) is 0 Å². The summed E-state index contributed by atoms with van der Waals surface area (Å²) >= 11 is 0. The molecule has 1 saturated carbocycles. The van der Waals surface area contributed by atoms with E-state index in [9.17, 15) is 4.79 Å². The number of hydrogen-bond donors (Lipinski definition) is 2.